The number of amides is 1. The number of hydrogen-bond acceptors (Lipinski definition) is 4. The normalized spacial score (nSPS) is 11.6. The zero-order valence-corrected chi connectivity index (χ0v) is 21.1. The maximum absolute atomic E-state index is 13.7. The fraction of sp³-hybridized carbons (Fsp3) is 0.0645. The van der Waals surface area contributed by atoms with Crippen molar-refractivity contribution in [3.63, 3.8) is 0 Å². The van der Waals surface area contributed by atoms with E-state index < -0.39 is 23.6 Å². The van der Waals surface area contributed by atoms with Crippen molar-refractivity contribution in [2.24, 2.45) is 5.10 Å². The van der Waals surface area contributed by atoms with Crippen molar-refractivity contribution in [1.82, 2.24) is 10.4 Å². The Morgan fingerprint density at radius 3 is 2.30 bits per heavy atom. The lowest BCUT2D eigenvalue weighted by Crippen LogP contribution is -2.19. The third-order valence-corrected chi connectivity index (χ3v) is 6.21. The number of aromatic amines is 1. The molecule has 9 heteroatoms. The summed E-state index contributed by atoms with van der Waals surface area (Å²) in [6.45, 7) is 1.91. The molecule has 0 radical (unpaired) electrons. The Kier molecular flexibility index (Phi) is 7.20. The number of halogens is 3. The second-order valence-corrected chi connectivity index (χ2v) is 8.96. The monoisotopic (exact) mass is 541 g/mol. The number of hydrogen-bond donors (Lipinski definition) is 2. The van der Waals surface area contributed by atoms with Gasteiger partial charge in [-0.2, -0.15) is 18.3 Å². The van der Waals surface area contributed by atoms with Gasteiger partial charge in [0.15, 0.2) is 0 Å². The molecule has 0 spiro atoms. The largest absolute Gasteiger partial charge is 0.422 e. The highest BCUT2D eigenvalue weighted by Crippen LogP contribution is 2.39. The minimum atomic E-state index is -4.62. The Labute approximate surface area is 227 Å². The van der Waals surface area contributed by atoms with Crippen molar-refractivity contribution >= 4 is 29.0 Å². The van der Waals surface area contributed by atoms with E-state index >= 15 is 0 Å². The molecule has 0 atom stereocenters. The van der Waals surface area contributed by atoms with E-state index in [9.17, 15) is 22.8 Å². The molecule has 1 aromatic heterocycles. The molecule has 40 heavy (non-hydrogen) atoms. The minimum absolute atomic E-state index is 0.0749. The van der Waals surface area contributed by atoms with Crippen LogP contribution in [-0.4, -0.2) is 23.1 Å². The van der Waals surface area contributed by atoms with Crippen LogP contribution in [0, 0.1) is 6.92 Å². The first kappa shape index (κ1) is 26.4. The lowest BCUT2D eigenvalue weighted by molar-refractivity contribution is -0.136. The van der Waals surface area contributed by atoms with E-state index in [0.717, 1.165) is 11.6 Å². The number of carbonyl (C=O) groups is 2. The van der Waals surface area contributed by atoms with E-state index in [1.54, 1.807) is 78.9 Å². The highest BCUT2D eigenvalue weighted by atomic mass is 19.4. The summed E-state index contributed by atoms with van der Waals surface area (Å²) >= 11 is 0. The van der Waals surface area contributed by atoms with Crippen molar-refractivity contribution < 1.29 is 27.5 Å². The molecular weight excluding hydrogens is 519 g/mol. The van der Waals surface area contributed by atoms with E-state index in [-0.39, 0.29) is 22.3 Å². The molecule has 2 N–H and O–H groups in total. The molecule has 1 amide bonds. The fourth-order valence-corrected chi connectivity index (χ4v) is 4.27. The molecular formula is C31H22F3N3O3. The number of aromatic nitrogens is 1. The summed E-state index contributed by atoms with van der Waals surface area (Å²) in [6, 6.07) is 26.0. The zero-order chi connectivity index (χ0) is 28.3. The molecule has 0 aliphatic heterocycles. The molecule has 6 nitrogen and oxygen atoms in total. The highest BCUT2D eigenvalue weighted by Gasteiger charge is 2.34. The predicted octanol–water partition coefficient (Wildman–Crippen LogP) is 7.15. The van der Waals surface area contributed by atoms with Gasteiger partial charge < -0.3 is 9.72 Å². The van der Waals surface area contributed by atoms with Crippen LogP contribution in [0.25, 0.3) is 22.0 Å². The Hall–Kier alpha value is -5.18. The second-order valence-electron chi connectivity index (χ2n) is 8.96. The number of nitrogens with zero attached hydrogens (tertiary/aromatic N) is 1. The predicted molar refractivity (Wildman–Crippen MR) is 146 cm³/mol. The first-order valence-corrected chi connectivity index (χ1v) is 12.2. The second kappa shape index (κ2) is 10.9. The molecule has 0 fully saturated rings. The molecule has 5 aromatic rings. The first-order chi connectivity index (χ1) is 19.2. The molecule has 0 aliphatic carbocycles. The Balaban J connectivity index is 1.43. The summed E-state index contributed by atoms with van der Waals surface area (Å²) in [5.74, 6) is -1.08. The maximum Gasteiger partial charge on any atom is 0.418 e. The van der Waals surface area contributed by atoms with E-state index in [2.05, 4.69) is 15.5 Å². The lowest BCUT2D eigenvalue weighted by atomic mass is 10.0. The number of fused-ring (bicyclic) bond motifs is 1. The van der Waals surface area contributed by atoms with E-state index in [4.69, 9.17) is 4.74 Å². The van der Waals surface area contributed by atoms with Gasteiger partial charge in [0, 0.05) is 16.5 Å². The van der Waals surface area contributed by atoms with Gasteiger partial charge in [-0.3, -0.25) is 4.79 Å². The number of hydrazone groups is 1. The van der Waals surface area contributed by atoms with Gasteiger partial charge in [-0.25, -0.2) is 10.2 Å². The zero-order valence-electron chi connectivity index (χ0n) is 21.1. The van der Waals surface area contributed by atoms with Gasteiger partial charge in [0.05, 0.1) is 22.9 Å². The van der Waals surface area contributed by atoms with Crippen LogP contribution in [0.5, 0.6) is 5.75 Å². The lowest BCUT2D eigenvalue weighted by Gasteiger charge is -2.08. The first-order valence-electron chi connectivity index (χ1n) is 12.2. The van der Waals surface area contributed by atoms with Crippen LogP contribution < -0.4 is 10.2 Å². The SMILES string of the molecule is Cc1ccc(C(=O)Oc2ccccc2C=NNC(=O)c2[nH]c3c(C(F)(F)F)cccc3c2-c2ccccc2)cc1. The minimum Gasteiger partial charge on any atom is -0.422 e. The fourth-order valence-electron chi connectivity index (χ4n) is 4.27. The number of ether oxygens (including phenoxy) is 1. The number of benzene rings is 4. The molecule has 200 valence electrons. The van der Waals surface area contributed by atoms with E-state index in [0.29, 0.717) is 22.3 Å². The molecule has 1 heterocycles. The number of H-pyrrole nitrogens is 1. The van der Waals surface area contributed by atoms with Gasteiger partial charge in [0.1, 0.15) is 11.4 Å². The Morgan fingerprint density at radius 2 is 1.57 bits per heavy atom. The van der Waals surface area contributed by atoms with Crippen LogP contribution in [0.1, 0.15) is 37.5 Å². The third kappa shape index (κ3) is 5.49. The van der Waals surface area contributed by atoms with Gasteiger partial charge in [-0.1, -0.05) is 72.3 Å². The summed E-state index contributed by atoms with van der Waals surface area (Å²) in [4.78, 5) is 28.5. The number of carbonyl (C=O) groups excluding carboxylic acids is 2. The average Bonchev–Trinajstić information content (AvgIpc) is 3.34. The van der Waals surface area contributed by atoms with Gasteiger partial charge in [-0.15, -0.1) is 0 Å². The standard InChI is InChI=1S/C31H22F3N3O3/c1-19-14-16-21(17-15-19)30(39)40-25-13-6-5-10-22(25)18-35-37-29(38)28-26(20-8-3-2-4-9-20)23-11-7-12-24(27(23)36-28)31(32,33)34/h2-18,36H,1H3,(H,37,38). The summed E-state index contributed by atoms with van der Waals surface area (Å²) in [5, 5.41) is 4.24. The van der Waals surface area contributed by atoms with Crippen LogP contribution in [-0.2, 0) is 6.18 Å². The van der Waals surface area contributed by atoms with E-state index in [1.807, 2.05) is 6.92 Å². The third-order valence-electron chi connectivity index (χ3n) is 6.21. The number of aryl methyl sites for hydroxylation is 1. The number of para-hydroxylation sites is 2. The van der Waals surface area contributed by atoms with Gasteiger partial charge in [0.2, 0.25) is 0 Å². The van der Waals surface area contributed by atoms with Crippen molar-refractivity contribution in [3.05, 3.63) is 125 Å². The number of rotatable bonds is 6. The van der Waals surface area contributed by atoms with Crippen molar-refractivity contribution in [2.45, 2.75) is 13.1 Å². The van der Waals surface area contributed by atoms with Crippen LogP contribution >= 0.6 is 0 Å². The highest BCUT2D eigenvalue weighted by molar-refractivity contribution is 6.10. The molecule has 0 unspecified atom stereocenters. The topological polar surface area (TPSA) is 83.5 Å². The van der Waals surface area contributed by atoms with Gasteiger partial charge in [0.25, 0.3) is 5.91 Å². The molecule has 4 aromatic carbocycles. The van der Waals surface area contributed by atoms with Gasteiger partial charge >= 0.3 is 12.1 Å². The summed E-state index contributed by atoms with van der Waals surface area (Å²) in [6.07, 6.45) is -3.33. The maximum atomic E-state index is 13.7. The summed E-state index contributed by atoms with van der Waals surface area (Å²) in [5.41, 5.74) is 3.88. The smallest absolute Gasteiger partial charge is 0.418 e. The molecule has 5 rings (SSSR count). The van der Waals surface area contributed by atoms with Crippen LogP contribution in [0.2, 0.25) is 0 Å². The molecule has 0 bridgehead atoms. The van der Waals surface area contributed by atoms with Crippen LogP contribution in [0.4, 0.5) is 13.2 Å². The van der Waals surface area contributed by atoms with Crippen molar-refractivity contribution in [3.8, 4) is 16.9 Å². The number of nitrogens with one attached hydrogen (secondary N) is 2. The molecule has 0 saturated heterocycles. The molecule has 0 saturated carbocycles. The molecule has 0 aliphatic rings. The van der Waals surface area contributed by atoms with Crippen molar-refractivity contribution in [2.75, 3.05) is 0 Å². The van der Waals surface area contributed by atoms with E-state index in [1.165, 1.54) is 18.3 Å². The average molecular weight is 542 g/mol. The summed E-state index contributed by atoms with van der Waals surface area (Å²) in [7, 11) is 0. The Bertz CT molecular complexity index is 1720. The van der Waals surface area contributed by atoms with Crippen molar-refractivity contribution in [1.29, 1.82) is 0 Å². The quantitative estimate of drug-likeness (QED) is 0.104. The summed E-state index contributed by atoms with van der Waals surface area (Å²) < 4.78 is 46.7. The number of esters is 1. The van der Waals surface area contributed by atoms with Crippen LogP contribution in [0.3, 0.4) is 0 Å². The Morgan fingerprint density at radius 1 is 0.875 bits per heavy atom. The number of alkyl halides is 3. The van der Waals surface area contributed by atoms with Gasteiger partial charge in [-0.05, 0) is 42.8 Å². The van der Waals surface area contributed by atoms with Crippen LogP contribution in [0.15, 0.2) is 102 Å².